The van der Waals surface area contributed by atoms with Crippen molar-refractivity contribution in [3.63, 3.8) is 0 Å². The zero-order valence-electron chi connectivity index (χ0n) is 9.78. The molecule has 1 fully saturated rings. The van der Waals surface area contributed by atoms with Crippen LogP contribution in [0.1, 0.15) is 18.5 Å². The van der Waals surface area contributed by atoms with Crippen LogP contribution in [0.4, 0.5) is 9.18 Å². The summed E-state index contributed by atoms with van der Waals surface area (Å²) in [5.74, 6) is -0.430. The monoisotopic (exact) mass is 256 g/mol. The first kappa shape index (κ1) is 12.2. The van der Waals surface area contributed by atoms with Crippen molar-refractivity contribution < 1.29 is 9.18 Å². The molecule has 1 aliphatic heterocycles. The Morgan fingerprint density at radius 3 is 2.88 bits per heavy atom. The van der Waals surface area contributed by atoms with E-state index in [1.165, 1.54) is 6.07 Å². The molecule has 0 N–H and O–H groups in total. The predicted octanol–water partition coefficient (Wildman–Crippen LogP) is 2.91. The van der Waals surface area contributed by atoms with E-state index in [1.807, 2.05) is 6.92 Å². The van der Waals surface area contributed by atoms with Gasteiger partial charge in [-0.05, 0) is 13.0 Å². The predicted molar refractivity (Wildman–Crippen MR) is 64.6 cm³/mol. The fourth-order valence-electron chi connectivity index (χ4n) is 2.19. The number of urea groups is 1. The van der Waals surface area contributed by atoms with Crippen LogP contribution in [0.3, 0.4) is 0 Å². The van der Waals surface area contributed by atoms with Crippen LogP contribution in [0.5, 0.6) is 0 Å². The maximum atomic E-state index is 13.9. The molecule has 0 bridgehead atoms. The van der Waals surface area contributed by atoms with Crippen LogP contribution in [0, 0.1) is 5.82 Å². The van der Waals surface area contributed by atoms with E-state index < -0.39 is 5.82 Å². The van der Waals surface area contributed by atoms with Crippen LogP contribution >= 0.6 is 11.6 Å². The second-order valence-corrected chi connectivity index (χ2v) is 4.52. The van der Waals surface area contributed by atoms with Crippen molar-refractivity contribution in [1.82, 2.24) is 9.80 Å². The fourth-order valence-corrected chi connectivity index (χ4v) is 2.37. The minimum absolute atomic E-state index is 0.0723. The number of hydrogen-bond acceptors (Lipinski definition) is 1. The first-order valence-corrected chi connectivity index (χ1v) is 5.89. The molecule has 1 aromatic carbocycles. The molecule has 1 aromatic rings. The van der Waals surface area contributed by atoms with E-state index >= 15 is 0 Å². The normalized spacial score (nSPS) is 20.2. The van der Waals surface area contributed by atoms with Gasteiger partial charge in [-0.1, -0.05) is 23.7 Å². The topological polar surface area (TPSA) is 23.6 Å². The number of carbonyl (C=O) groups is 1. The second-order valence-electron chi connectivity index (χ2n) is 4.11. The number of rotatable bonds is 2. The number of nitrogens with zero attached hydrogens (tertiary/aromatic N) is 2. The Labute approximate surface area is 105 Å². The minimum Gasteiger partial charge on any atom is -0.325 e. The molecule has 0 aromatic heterocycles. The van der Waals surface area contributed by atoms with Crippen molar-refractivity contribution in [2.24, 2.45) is 0 Å². The maximum absolute atomic E-state index is 13.9. The number of halogens is 2. The van der Waals surface area contributed by atoms with Crippen molar-refractivity contribution >= 4 is 17.6 Å². The molecule has 3 nitrogen and oxygen atoms in total. The summed E-state index contributed by atoms with van der Waals surface area (Å²) in [4.78, 5) is 15.1. The highest BCUT2D eigenvalue weighted by Crippen LogP contribution is 2.32. The molecule has 1 heterocycles. The van der Waals surface area contributed by atoms with E-state index in [2.05, 4.69) is 0 Å². The number of carbonyl (C=O) groups excluding carboxylic acids is 1. The lowest BCUT2D eigenvalue weighted by atomic mass is 10.1. The van der Waals surface area contributed by atoms with Gasteiger partial charge in [0.15, 0.2) is 0 Å². The Hall–Kier alpha value is -1.29. The smallest absolute Gasteiger partial charge is 0.320 e. The Kier molecular flexibility index (Phi) is 3.24. The van der Waals surface area contributed by atoms with Gasteiger partial charge in [0.1, 0.15) is 5.82 Å². The molecule has 0 radical (unpaired) electrons. The Morgan fingerprint density at radius 2 is 2.24 bits per heavy atom. The highest BCUT2D eigenvalue weighted by atomic mass is 35.5. The lowest BCUT2D eigenvalue weighted by Crippen LogP contribution is -2.30. The second kappa shape index (κ2) is 4.53. The zero-order chi connectivity index (χ0) is 12.6. The number of amides is 2. The summed E-state index contributed by atoms with van der Waals surface area (Å²) in [6.45, 7) is 2.93. The molecule has 0 saturated carbocycles. The largest absolute Gasteiger partial charge is 0.325 e. The average Bonchev–Trinajstić information content (AvgIpc) is 2.59. The van der Waals surface area contributed by atoms with Gasteiger partial charge in [0.2, 0.25) is 0 Å². The molecular weight excluding hydrogens is 243 g/mol. The van der Waals surface area contributed by atoms with E-state index in [0.717, 1.165) is 0 Å². The summed E-state index contributed by atoms with van der Waals surface area (Å²) < 4.78 is 13.9. The molecule has 2 amide bonds. The van der Waals surface area contributed by atoms with Crippen LogP contribution in [0.25, 0.3) is 0 Å². The summed E-state index contributed by atoms with van der Waals surface area (Å²) >= 11 is 5.76. The van der Waals surface area contributed by atoms with Crippen molar-refractivity contribution in [2.45, 2.75) is 13.0 Å². The highest BCUT2D eigenvalue weighted by molar-refractivity contribution is 6.30. The van der Waals surface area contributed by atoms with Gasteiger partial charge in [-0.3, -0.25) is 0 Å². The third kappa shape index (κ3) is 1.97. The molecule has 17 heavy (non-hydrogen) atoms. The molecular formula is C12H14ClFN2O. The van der Waals surface area contributed by atoms with E-state index in [4.69, 9.17) is 11.6 Å². The first-order chi connectivity index (χ1) is 8.06. The van der Waals surface area contributed by atoms with E-state index in [9.17, 15) is 9.18 Å². The minimum atomic E-state index is -0.430. The fraction of sp³-hybridized carbons (Fsp3) is 0.417. The van der Waals surface area contributed by atoms with Gasteiger partial charge in [-0.25, -0.2) is 9.18 Å². The van der Waals surface area contributed by atoms with E-state index in [-0.39, 0.29) is 17.1 Å². The van der Waals surface area contributed by atoms with Gasteiger partial charge >= 0.3 is 6.03 Å². The van der Waals surface area contributed by atoms with Gasteiger partial charge in [0.25, 0.3) is 0 Å². The molecule has 1 atom stereocenters. The molecule has 92 valence electrons. The number of benzene rings is 1. The Bertz CT molecular complexity index is 452. The lowest BCUT2D eigenvalue weighted by Gasteiger charge is -2.22. The van der Waals surface area contributed by atoms with Crippen molar-refractivity contribution in [2.75, 3.05) is 20.1 Å². The van der Waals surface area contributed by atoms with Gasteiger partial charge in [0.05, 0.1) is 11.1 Å². The zero-order valence-corrected chi connectivity index (χ0v) is 10.5. The molecule has 1 saturated heterocycles. The van der Waals surface area contributed by atoms with Crippen LogP contribution < -0.4 is 0 Å². The Morgan fingerprint density at radius 1 is 1.53 bits per heavy atom. The van der Waals surface area contributed by atoms with Gasteiger partial charge < -0.3 is 9.80 Å². The third-order valence-electron chi connectivity index (χ3n) is 3.08. The highest BCUT2D eigenvalue weighted by Gasteiger charge is 2.36. The standard InChI is InChI=1S/C12H14ClFN2O/c1-3-16-10(7-15(2)12(16)17)8-5-4-6-9(13)11(8)14/h4-6,10H,3,7H2,1-2H3. The van der Waals surface area contributed by atoms with Crippen LogP contribution in [-0.2, 0) is 0 Å². The third-order valence-corrected chi connectivity index (χ3v) is 3.37. The number of hydrogen-bond donors (Lipinski definition) is 0. The van der Waals surface area contributed by atoms with Crippen molar-refractivity contribution in [3.05, 3.63) is 34.6 Å². The van der Waals surface area contributed by atoms with Crippen molar-refractivity contribution in [3.8, 4) is 0 Å². The number of likely N-dealkylation sites (N-methyl/N-ethyl adjacent to an activating group) is 2. The van der Waals surface area contributed by atoms with Gasteiger partial charge in [-0.15, -0.1) is 0 Å². The molecule has 5 heteroatoms. The molecule has 0 spiro atoms. The molecule has 2 rings (SSSR count). The SMILES string of the molecule is CCN1C(=O)N(C)CC1c1cccc(Cl)c1F. The molecule has 1 unspecified atom stereocenters. The average molecular weight is 257 g/mol. The van der Waals surface area contributed by atoms with E-state index in [1.54, 1.807) is 29.0 Å². The van der Waals surface area contributed by atoms with E-state index in [0.29, 0.717) is 18.7 Å². The molecule has 0 aliphatic carbocycles. The quantitative estimate of drug-likeness (QED) is 0.798. The van der Waals surface area contributed by atoms with Crippen LogP contribution in [0.2, 0.25) is 5.02 Å². The summed E-state index contributed by atoms with van der Waals surface area (Å²) in [5, 5.41) is 0.0977. The van der Waals surface area contributed by atoms with Crippen molar-refractivity contribution in [1.29, 1.82) is 0 Å². The van der Waals surface area contributed by atoms with Gasteiger partial charge in [-0.2, -0.15) is 0 Å². The summed E-state index contributed by atoms with van der Waals surface area (Å²) in [5.41, 5.74) is 0.483. The molecule has 1 aliphatic rings. The Balaban J connectivity index is 2.40. The summed E-state index contributed by atoms with van der Waals surface area (Å²) in [6.07, 6.45) is 0. The van der Waals surface area contributed by atoms with Gasteiger partial charge in [0, 0.05) is 25.7 Å². The summed E-state index contributed by atoms with van der Waals surface area (Å²) in [7, 11) is 1.72. The summed E-state index contributed by atoms with van der Waals surface area (Å²) in [6, 6.07) is 4.57. The maximum Gasteiger partial charge on any atom is 0.320 e. The first-order valence-electron chi connectivity index (χ1n) is 5.52. The van der Waals surface area contributed by atoms with Crippen LogP contribution in [0.15, 0.2) is 18.2 Å². The van der Waals surface area contributed by atoms with Crippen LogP contribution in [-0.4, -0.2) is 36.0 Å². The lowest BCUT2D eigenvalue weighted by molar-refractivity contribution is 0.193.